The van der Waals surface area contributed by atoms with Crippen LogP contribution in [0.2, 0.25) is 0 Å². The fraction of sp³-hybridized carbons (Fsp3) is 0.667. The lowest BCUT2D eigenvalue weighted by molar-refractivity contribution is 0.147. The van der Waals surface area contributed by atoms with Gasteiger partial charge in [-0.1, -0.05) is 56.0 Å². The van der Waals surface area contributed by atoms with Crippen molar-refractivity contribution in [3.05, 3.63) is 35.9 Å². The molecule has 2 heteroatoms. The van der Waals surface area contributed by atoms with E-state index in [2.05, 4.69) is 40.5 Å². The number of hydrogen-bond donors (Lipinski definition) is 1. The predicted molar refractivity (Wildman–Crippen MR) is 85.1 cm³/mol. The van der Waals surface area contributed by atoms with Gasteiger partial charge in [-0.15, -0.1) is 0 Å². The van der Waals surface area contributed by atoms with Gasteiger partial charge in [0.2, 0.25) is 0 Å². The molecule has 0 atom stereocenters. The molecule has 1 aromatic carbocycles. The van der Waals surface area contributed by atoms with Gasteiger partial charge >= 0.3 is 0 Å². The summed E-state index contributed by atoms with van der Waals surface area (Å²) in [4.78, 5) is 2.58. The van der Waals surface area contributed by atoms with E-state index in [-0.39, 0.29) is 0 Å². The summed E-state index contributed by atoms with van der Waals surface area (Å²) in [6, 6.07) is 11.8. The van der Waals surface area contributed by atoms with Gasteiger partial charge in [0, 0.05) is 38.1 Å². The first-order chi connectivity index (χ1) is 9.92. The molecule has 1 aliphatic heterocycles. The Kier molecular flexibility index (Phi) is 5.10. The van der Waals surface area contributed by atoms with Crippen molar-refractivity contribution in [1.82, 2.24) is 10.2 Å². The van der Waals surface area contributed by atoms with Crippen molar-refractivity contribution in [1.29, 1.82) is 0 Å². The van der Waals surface area contributed by atoms with E-state index in [1.54, 1.807) is 0 Å². The summed E-state index contributed by atoms with van der Waals surface area (Å²) >= 11 is 0. The molecular weight excluding hydrogens is 244 g/mol. The minimum absolute atomic E-state index is 0.772. The number of nitrogens with zero attached hydrogens (tertiary/aromatic N) is 1. The first-order valence-corrected chi connectivity index (χ1v) is 8.42. The Morgan fingerprint density at radius 1 is 0.950 bits per heavy atom. The maximum Gasteiger partial charge on any atom is 0.0107 e. The number of hydrogen-bond acceptors (Lipinski definition) is 2. The lowest BCUT2D eigenvalue weighted by atomic mass is 9.91. The van der Waals surface area contributed by atoms with E-state index >= 15 is 0 Å². The molecule has 0 radical (unpaired) electrons. The van der Waals surface area contributed by atoms with Crippen LogP contribution in [0.25, 0.3) is 0 Å². The molecule has 2 aliphatic rings. The predicted octanol–water partition coefficient (Wildman–Crippen LogP) is 3.40. The maximum atomic E-state index is 3.77. The van der Waals surface area contributed by atoms with Gasteiger partial charge in [-0.2, -0.15) is 0 Å². The molecule has 1 N–H and O–H groups in total. The molecule has 1 aromatic rings. The monoisotopic (exact) mass is 272 g/mol. The first kappa shape index (κ1) is 14.1. The summed E-state index contributed by atoms with van der Waals surface area (Å²) in [5.74, 6) is 0.772. The van der Waals surface area contributed by atoms with Crippen LogP contribution < -0.4 is 5.32 Å². The van der Waals surface area contributed by atoms with Crippen molar-refractivity contribution in [3.63, 3.8) is 0 Å². The van der Waals surface area contributed by atoms with E-state index in [9.17, 15) is 0 Å². The Balaban J connectivity index is 1.31. The summed E-state index contributed by atoms with van der Waals surface area (Å²) in [6.07, 6.45) is 8.54. The molecule has 0 bridgehead atoms. The molecular formula is C18H28N2. The van der Waals surface area contributed by atoms with Gasteiger partial charge in [-0.25, -0.2) is 0 Å². The molecule has 1 saturated carbocycles. The third kappa shape index (κ3) is 3.83. The Labute approximate surface area is 123 Å². The smallest absolute Gasteiger partial charge is 0.0107 e. The first-order valence-electron chi connectivity index (χ1n) is 8.42. The molecule has 0 unspecified atom stereocenters. The Morgan fingerprint density at radius 2 is 1.65 bits per heavy atom. The molecule has 1 saturated heterocycles. The zero-order valence-corrected chi connectivity index (χ0v) is 12.6. The minimum atomic E-state index is 0.772. The largest absolute Gasteiger partial charge is 0.313 e. The second-order valence-electron chi connectivity index (χ2n) is 6.51. The fourth-order valence-corrected chi connectivity index (χ4v) is 3.60. The van der Waals surface area contributed by atoms with Gasteiger partial charge in [-0.3, -0.25) is 0 Å². The molecule has 1 aliphatic carbocycles. The maximum absolute atomic E-state index is 3.77. The van der Waals surface area contributed by atoms with E-state index in [1.807, 2.05) is 0 Å². The molecule has 3 rings (SSSR count). The van der Waals surface area contributed by atoms with Crippen molar-refractivity contribution in [2.45, 2.75) is 50.5 Å². The number of nitrogens with one attached hydrogen (secondary N) is 1. The quantitative estimate of drug-likeness (QED) is 0.827. The Hall–Kier alpha value is -0.860. The molecule has 1 heterocycles. The molecule has 110 valence electrons. The second kappa shape index (κ2) is 7.24. The van der Waals surface area contributed by atoms with Crippen molar-refractivity contribution in [3.8, 4) is 0 Å². The zero-order chi connectivity index (χ0) is 13.6. The average molecular weight is 272 g/mol. The highest BCUT2D eigenvalue weighted by Crippen LogP contribution is 2.26. The molecule has 0 aromatic heterocycles. The number of likely N-dealkylation sites (tertiary alicyclic amines) is 1. The van der Waals surface area contributed by atoms with Crippen LogP contribution in [0.15, 0.2) is 30.3 Å². The zero-order valence-electron chi connectivity index (χ0n) is 12.6. The third-order valence-electron chi connectivity index (χ3n) is 4.94. The highest BCUT2D eigenvalue weighted by atomic mass is 15.2. The van der Waals surface area contributed by atoms with Crippen LogP contribution >= 0.6 is 0 Å². The van der Waals surface area contributed by atoms with Crippen LogP contribution in [-0.2, 0) is 0 Å². The Morgan fingerprint density at radius 3 is 2.35 bits per heavy atom. The summed E-state index contributed by atoms with van der Waals surface area (Å²) in [6.45, 7) is 4.89. The van der Waals surface area contributed by atoms with E-state index < -0.39 is 0 Å². The van der Waals surface area contributed by atoms with Gasteiger partial charge in [0.05, 0.1) is 0 Å². The average Bonchev–Trinajstić information content (AvgIpc) is 2.71. The number of rotatable bonds is 5. The molecule has 2 nitrogen and oxygen atoms in total. The van der Waals surface area contributed by atoms with Crippen molar-refractivity contribution in [2.75, 3.05) is 26.2 Å². The highest BCUT2D eigenvalue weighted by molar-refractivity contribution is 5.22. The van der Waals surface area contributed by atoms with Crippen LogP contribution in [0, 0.1) is 0 Å². The van der Waals surface area contributed by atoms with Gasteiger partial charge < -0.3 is 10.2 Å². The topological polar surface area (TPSA) is 15.3 Å². The Bertz CT molecular complexity index is 376. The summed E-state index contributed by atoms with van der Waals surface area (Å²) in [5.41, 5.74) is 1.51. The van der Waals surface area contributed by atoms with Gasteiger partial charge in [0.15, 0.2) is 0 Å². The van der Waals surface area contributed by atoms with Crippen LogP contribution in [0.4, 0.5) is 0 Å². The van der Waals surface area contributed by atoms with Crippen molar-refractivity contribution >= 4 is 0 Å². The van der Waals surface area contributed by atoms with Crippen LogP contribution in [0.5, 0.6) is 0 Å². The lowest BCUT2D eigenvalue weighted by Gasteiger charge is -2.40. The van der Waals surface area contributed by atoms with E-state index in [4.69, 9.17) is 0 Å². The molecule has 2 fully saturated rings. The van der Waals surface area contributed by atoms with E-state index in [1.165, 1.54) is 70.3 Å². The fourth-order valence-electron chi connectivity index (χ4n) is 3.60. The molecule has 0 amide bonds. The third-order valence-corrected chi connectivity index (χ3v) is 4.94. The van der Waals surface area contributed by atoms with E-state index in [0.717, 1.165) is 12.0 Å². The van der Waals surface area contributed by atoms with E-state index in [0.29, 0.717) is 0 Å². The normalized spacial score (nSPS) is 22.4. The lowest BCUT2D eigenvalue weighted by Crippen LogP contribution is -2.48. The van der Waals surface area contributed by atoms with Crippen LogP contribution in [0.3, 0.4) is 0 Å². The van der Waals surface area contributed by atoms with Crippen LogP contribution in [-0.4, -0.2) is 37.1 Å². The summed E-state index contributed by atoms with van der Waals surface area (Å²) in [5, 5.41) is 3.77. The second-order valence-corrected chi connectivity index (χ2v) is 6.51. The van der Waals surface area contributed by atoms with Crippen LogP contribution in [0.1, 0.15) is 50.0 Å². The molecule has 20 heavy (non-hydrogen) atoms. The standard InChI is InChI=1S/C18H28N2/c1-2-7-11-18(10-6-1)19-12-13-20-14-17(15-20)16-8-4-3-5-9-16/h3-5,8-9,17-19H,1-2,6-7,10-15H2. The highest BCUT2D eigenvalue weighted by Gasteiger charge is 2.27. The summed E-state index contributed by atoms with van der Waals surface area (Å²) < 4.78 is 0. The van der Waals surface area contributed by atoms with Gasteiger partial charge in [0.25, 0.3) is 0 Å². The van der Waals surface area contributed by atoms with Gasteiger partial charge in [-0.05, 0) is 18.4 Å². The molecule has 0 spiro atoms. The number of benzene rings is 1. The van der Waals surface area contributed by atoms with Crippen molar-refractivity contribution in [2.24, 2.45) is 0 Å². The SMILES string of the molecule is c1ccc(C2CN(CCNC3CCCCCC3)C2)cc1. The summed E-state index contributed by atoms with van der Waals surface area (Å²) in [7, 11) is 0. The van der Waals surface area contributed by atoms with Gasteiger partial charge in [0.1, 0.15) is 0 Å². The van der Waals surface area contributed by atoms with Crippen molar-refractivity contribution < 1.29 is 0 Å². The minimum Gasteiger partial charge on any atom is -0.313 e.